The van der Waals surface area contributed by atoms with Crippen LogP contribution in [0.15, 0.2) is 0 Å². The lowest BCUT2D eigenvalue weighted by atomic mass is 9.90. The summed E-state index contributed by atoms with van der Waals surface area (Å²) >= 11 is 0. The minimum Gasteiger partial charge on any atom is -0.480 e. The Morgan fingerprint density at radius 1 is 1.13 bits per heavy atom. The highest BCUT2D eigenvalue weighted by Gasteiger charge is 2.25. The van der Waals surface area contributed by atoms with Gasteiger partial charge in [-0.05, 0) is 46.8 Å². The standard InChI is InChI=1S/C11H22N2O2/c1-12(2)9-4-6-10(7-5-9)13(3)8-11(14)15/h9-10H,4-8H2,1-3H3,(H,14,15). The van der Waals surface area contributed by atoms with Crippen LogP contribution in [0.2, 0.25) is 0 Å². The topological polar surface area (TPSA) is 43.8 Å². The van der Waals surface area contributed by atoms with Gasteiger partial charge in [0.15, 0.2) is 0 Å². The third-order valence-corrected chi connectivity index (χ3v) is 3.40. The number of rotatable bonds is 4. The van der Waals surface area contributed by atoms with E-state index in [9.17, 15) is 4.79 Å². The van der Waals surface area contributed by atoms with Crippen molar-refractivity contribution in [3.05, 3.63) is 0 Å². The van der Waals surface area contributed by atoms with Crippen LogP contribution in [-0.4, -0.2) is 60.6 Å². The summed E-state index contributed by atoms with van der Waals surface area (Å²) in [5, 5.41) is 8.70. The maximum Gasteiger partial charge on any atom is 0.317 e. The fourth-order valence-corrected chi connectivity index (χ4v) is 2.36. The Kier molecular flexibility index (Phi) is 4.54. The van der Waals surface area contributed by atoms with Crippen LogP contribution in [0.1, 0.15) is 25.7 Å². The smallest absolute Gasteiger partial charge is 0.317 e. The number of likely N-dealkylation sites (N-methyl/N-ethyl adjacent to an activating group) is 1. The Labute approximate surface area is 91.9 Å². The van der Waals surface area contributed by atoms with Gasteiger partial charge >= 0.3 is 5.97 Å². The van der Waals surface area contributed by atoms with Crippen molar-refractivity contribution in [1.82, 2.24) is 9.80 Å². The zero-order valence-corrected chi connectivity index (χ0v) is 9.94. The molecule has 88 valence electrons. The number of nitrogens with zero attached hydrogens (tertiary/aromatic N) is 2. The van der Waals surface area contributed by atoms with Crippen molar-refractivity contribution < 1.29 is 9.90 Å². The van der Waals surface area contributed by atoms with Gasteiger partial charge in [-0.25, -0.2) is 0 Å². The first kappa shape index (κ1) is 12.5. The van der Waals surface area contributed by atoms with E-state index in [4.69, 9.17) is 5.11 Å². The van der Waals surface area contributed by atoms with Gasteiger partial charge in [-0.1, -0.05) is 0 Å². The van der Waals surface area contributed by atoms with Crippen LogP contribution in [-0.2, 0) is 4.79 Å². The van der Waals surface area contributed by atoms with E-state index in [1.165, 1.54) is 12.8 Å². The first-order chi connectivity index (χ1) is 7.00. The summed E-state index contributed by atoms with van der Waals surface area (Å²) in [4.78, 5) is 14.8. The largest absolute Gasteiger partial charge is 0.480 e. The van der Waals surface area contributed by atoms with Gasteiger partial charge in [0, 0.05) is 12.1 Å². The summed E-state index contributed by atoms with van der Waals surface area (Å²) in [7, 11) is 6.15. The van der Waals surface area contributed by atoms with Crippen LogP contribution in [0.3, 0.4) is 0 Å². The molecular formula is C11H22N2O2. The maximum absolute atomic E-state index is 10.6. The molecule has 0 unspecified atom stereocenters. The summed E-state index contributed by atoms with van der Waals surface area (Å²) in [6.07, 6.45) is 4.60. The van der Waals surface area contributed by atoms with Crippen molar-refractivity contribution in [2.24, 2.45) is 0 Å². The van der Waals surface area contributed by atoms with E-state index in [0.29, 0.717) is 12.1 Å². The quantitative estimate of drug-likeness (QED) is 0.754. The summed E-state index contributed by atoms with van der Waals surface area (Å²) in [6, 6.07) is 1.14. The van der Waals surface area contributed by atoms with Crippen molar-refractivity contribution >= 4 is 5.97 Å². The van der Waals surface area contributed by atoms with Crippen molar-refractivity contribution in [2.45, 2.75) is 37.8 Å². The molecule has 4 heteroatoms. The molecule has 1 aliphatic carbocycles. The molecule has 4 nitrogen and oxygen atoms in total. The van der Waals surface area contributed by atoms with Crippen molar-refractivity contribution in [3.8, 4) is 0 Å². The number of carboxylic acid groups (broad SMARTS) is 1. The van der Waals surface area contributed by atoms with Gasteiger partial charge < -0.3 is 10.0 Å². The lowest BCUT2D eigenvalue weighted by molar-refractivity contribution is -0.138. The third-order valence-electron chi connectivity index (χ3n) is 3.40. The predicted octanol–water partition coefficient (Wildman–Crippen LogP) is 0.876. The lowest BCUT2D eigenvalue weighted by Crippen LogP contribution is -2.42. The molecule has 1 rings (SSSR count). The lowest BCUT2D eigenvalue weighted by Gasteiger charge is -2.36. The van der Waals surface area contributed by atoms with E-state index >= 15 is 0 Å². The summed E-state index contributed by atoms with van der Waals surface area (Å²) in [5.41, 5.74) is 0. The molecule has 1 aliphatic rings. The predicted molar refractivity (Wildman–Crippen MR) is 60.0 cm³/mol. The fraction of sp³-hybridized carbons (Fsp3) is 0.909. The third kappa shape index (κ3) is 3.80. The number of hydrogen-bond acceptors (Lipinski definition) is 3. The Hall–Kier alpha value is -0.610. The van der Waals surface area contributed by atoms with Crippen LogP contribution in [0.5, 0.6) is 0 Å². The van der Waals surface area contributed by atoms with Crippen LogP contribution < -0.4 is 0 Å². The van der Waals surface area contributed by atoms with Gasteiger partial charge in [0.05, 0.1) is 6.54 Å². The Balaban J connectivity index is 2.33. The number of aliphatic carboxylic acids is 1. The zero-order valence-electron chi connectivity index (χ0n) is 9.94. The summed E-state index contributed by atoms with van der Waals surface area (Å²) < 4.78 is 0. The highest BCUT2D eigenvalue weighted by Crippen LogP contribution is 2.24. The van der Waals surface area contributed by atoms with Crippen LogP contribution in [0.4, 0.5) is 0 Å². The van der Waals surface area contributed by atoms with Crippen LogP contribution in [0.25, 0.3) is 0 Å². The van der Waals surface area contributed by atoms with Crippen molar-refractivity contribution in [1.29, 1.82) is 0 Å². The number of carboxylic acids is 1. The minimum atomic E-state index is -0.729. The average molecular weight is 214 g/mol. The fourth-order valence-electron chi connectivity index (χ4n) is 2.36. The molecule has 1 saturated carbocycles. The van der Waals surface area contributed by atoms with E-state index < -0.39 is 5.97 Å². The van der Waals surface area contributed by atoms with Gasteiger partial charge in [0.2, 0.25) is 0 Å². The van der Waals surface area contributed by atoms with Crippen LogP contribution in [0, 0.1) is 0 Å². The monoisotopic (exact) mass is 214 g/mol. The van der Waals surface area contributed by atoms with Gasteiger partial charge in [0.25, 0.3) is 0 Å². The molecular weight excluding hydrogens is 192 g/mol. The van der Waals surface area contributed by atoms with E-state index in [1.54, 1.807) is 0 Å². The second-order valence-electron chi connectivity index (χ2n) is 4.73. The van der Waals surface area contributed by atoms with E-state index in [0.717, 1.165) is 12.8 Å². The molecule has 0 bridgehead atoms. The van der Waals surface area contributed by atoms with Gasteiger partial charge in [-0.2, -0.15) is 0 Å². The molecule has 0 amide bonds. The second kappa shape index (κ2) is 5.47. The number of carbonyl (C=O) groups is 1. The van der Waals surface area contributed by atoms with Gasteiger partial charge in [-0.15, -0.1) is 0 Å². The molecule has 0 aromatic heterocycles. The molecule has 0 aromatic rings. The Morgan fingerprint density at radius 3 is 2.00 bits per heavy atom. The van der Waals surface area contributed by atoms with E-state index in [1.807, 2.05) is 11.9 Å². The molecule has 1 fully saturated rings. The zero-order chi connectivity index (χ0) is 11.4. The highest BCUT2D eigenvalue weighted by molar-refractivity contribution is 5.69. The highest BCUT2D eigenvalue weighted by atomic mass is 16.4. The Bertz CT molecular complexity index is 211. The molecule has 0 atom stereocenters. The first-order valence-electron chi connectivity index (χ1n) is 5.59. The van der Waals surface area contributed by atoms with Gasteiger partial charge in [-0.3, -0.25) is 9.69 Å². The van der Waals surface area contributed by atoms with Crippen LogP contribution >= 0.6 is 0 Å². The average Bonchev–Trinajstić information content (AvgIpc) is 2.17. The summed E-state index contributed by atoms with van der Waals surface area (Å²) in [5.74, 6) is -0.729. The second-order valence-corrected chi connectivity index (χ2v) is 4.73. The Morgan fingerprint density at radius 2 is 1.60 bits per heavy atom. The van der Waals surface area contributed by atoms with Crippen molar-refractivity contribution in [2.75, 3.05) is 27.7 Å². The molecule has 0 saturated heterocycles. The molecule has 0 radical (unpaired) electrons. The summed E-state index contributed by atoms with van der Waals surface area (Å²) in [6.45, 7) is 0.164. The molecule has 1 N–H and O–H groups in total. The molecule has 0 heterocycles. The number of hydrogen-bond donors (Lipinski definition) is 1. The molecule has 0 aromatic carbocycles. The first-order valence-corrected chi connectivity index (χ1v) is 5.59. The van der Waals surface area contributed by atoms with E-state index in [-0.39, 0.29) is 6.54 Å². The molecule has 0 aliphatic heterocycles. The van der Waals surface area contributed by atoms with E-state index in [2.05, 4.69) is 19.0 Å². The molecule has 15 heavy (non-hydrogen) atoms. The molecule has 0 spiro atoms. The van der Waals surface area contributed by atoms with Crippen molar-refractivity contribution in [3.63, 3.8) is 0 Å². The van der Waals surface area contributed by atoms with Gasteiger partial charge in [0.1, 0.15) is 0 Å². The normalized spacial score (nSPS) is 27.3. The minimum absolute atomic E-state index is 0.164. The SMILES string of the molecule is CN(C)C1CCC(N(C)CC(=O)O)CC1. The maximum atomic E-state index is 10.6.